The topological polar surface area (TPSA) is 47.9 Å². The number of hydrogen-bond acceptors (Lipinski definition) is 4. The molecule has 0 unspecified atom stereocenters. The molecule has 4 heteroatoms. The van der Waals surface area contributed by atoms with Crippen LogP contribution in [-0.2, 0) is 0 Å². The predicted octanol–water partition coefficient (Wildman–Crippen LogP) is 5.02. The summed E-state index contributed by atoms with van der Waals surface area (Å²) in [6.45, 7) is 2.78. The number of hydrogen-bond donors (Lipinski definition) is 0. The fraction of sp³-hybridized carbons (Fsp3) is 0.190. The van der Waals surface area contributed by atoms with E-state index in [0.29, 0.717) is 12.5 Å². The van der Waals surface area contributed by atoms with Crippen molar-refractivity contribution in [3.05, 3.63) is 60.9 Å². The maximum absolute atomic E-state index is 5.89. The molecule has 4 aromatic rings. The summed E-state index contributed by atoms with van der Waals surface area (Å²) < 4.78 is 5.89. The average Bonchev–Trinajstić information content (AvgIpc) is 2.68. The minimum absolute atomic E-state index is 0.557. The molecule has 0 fully saturated rings. The zero-order valence-corrected chi connectivity index (χ0v) is 14.1. The molecule has 0 radical (unpaired) electrons. The summed E-state index contributed by atoms with van der Waals surface area (Å²) in [5.41, 5.74) is 3.55. The second-order valence-corrected chi connectivity index (χ2v) is 5.95. The summed E-state index contributed by atoms with van der Waals surface area (Å²) in [5, 5.41) is 2.15. The van der Waals surface area contributed by atoms with Gasteiger partial charge in [0.2, 0.25) is 5.88 Å². The van der Waals surface area contributed by atoms with Crippen molar-refractivity contribution in [3.63, 3.8) is 0 Å². The van der Waals surface area contributed by atoms with Crippen molar-refractivity contribution in [2.45, 2.75) is 19.8 Å². The Bertz CT molecular complexity index is 1020. The summed E-state index contributed by atoms with van der Waals surface area (Å²) in [5.74, 6) is 0.557. The SMILES string of the molecule is CCCCOc1ncnc2c1nc(-c1ccccc1)c1ccccc12. The van der Waals surface area contributed by atoms with Crippen molar-refractivity contribution in [2.24, 2.45) is 0 Å². The molecule has 0 spiro atoms. The van der Waals surface area contributed by atoms with Gasteiger partial charge in [-0.1, -0.05) is 67.9 Å². The van der Waals surface area contributed by atoms with Gasteiger partial charge in [0, 0.05) is 16.3 Å². The van der Waals surface area contributed by atoms with Crippen LogP contribution in [0.1, 0.15) is 19.8 Å². The molecule has 0 atom stereocenters. The van der Waals surface area contributed by atoms with Crippen LogP contribution in [0.15, 0.2) is 60.9 Å². The molecule has 2 heterocycles. The molecule has 4 nitrogen and oxygen atoms in total. The Balaban J connectivity index is 1.98. The third kappa shape index (κ3) is 2.91. The number of fused-ring (bicyclic) bond motifs is 3. The Morgan fingerprint density at radius 2 is 1.60 bits per heavy atom. The quantitative estimate of drug-likeness (QED) is 0.381. The number of aromatic nitrogens is 3. The zero-order valence-electron chi connectivity index (χ0n) is 14.1. The maximum atomic E-state index is 5.89. The van der Waals surface area contributed by atoms with E-state index in [9.17, 15) is 0 Å². The second kappa shape index (κ2) is 6.85. The van der Waals surface area contributed by atoms with Crippen molar-refractivity contribution >= 4 is 21.8 Å². The van der Waals surface area contributed by atoms with Crippen LogP contribution in [0, 0.1) is 0 Å². The highest BCUT2D eigenvalue weighted by molar-refractivity contribution is 6.09. The van der Waals surface area contributed by atoms with E-state index >= 15 is 0 Å². The fourth-order valence-corrected chi connectivity index (χ4v) is 2.96. The second-order valence-electron chi connectivity index (χ2n) is 5.95. The van der Waals surface area contributed by atoms with Gasteiger partial charge in [0.1, 0.15) is 11.8 Å². The minimum atomic E-state index is 0.557. The first kappa shape index (κ1) is 15.5. The fourth-order valence-electron chi connectivity index (χ4n) is 2.96. The van der Waals surface area contributed by atoms with Crippen molar-refractivity contribution in [3.8, 4) is 17.1 Å². The van der Waals surface area contributed by atoms with Gasteiger partial charge in [0.25, 0.3) is 0 Å². The lowest BCUT2D eigenvalue weighted by Gasteiger charge is -2.12. The lowest BCUT2D eigenvalue weighted by atomic mass is 10.0. The largest absolute Gasteiger partial charge is 0.476 e. The first-order valence-electron chi connectivity index (χ1n) is 8.60. The van der Waals surface area contributed by atoms with Gasteiger partial charge in [0.05, 0.1) is 12.3 Å². The number of benzene rings is 2. The Kier molecular flexibility index (Phi) is 4.25. The van der Waals surface area contributed by atoms with E-state index in [1.165, 1.54) is 0 Å². The van der Waals surface area contributed by atoms with Gasteiger partial charge >= 0.3 is 0 Å². The minimum Gasteiger partial charge on any atom is -0.476 e. The van der Waals surface area contributed by atoms with Gasteiger partial charge in [-0.2, -0.15) is 4.98 Å². The Morgan fingerprint density at radius 1 is 0.840 bits per heavy atom. The zero-order chi connectivity index (χ0) is 17.1. The number of nitrogens with zero attached hydrogens (tertiary/aromatic N) is 3. The smallest absolute Gasteiger partial charge is 0.243 e. The molecule has 0 amide bonds. The third-order valence-corrected chi connectivity index (χ3v) is 4.23. The van der Waals surface area contributed by atoms with Crippen LogP contribution in [0.3, 0.4) is 0 Å². The summed E-state index contributed by atoms with van der Waals surface area (Å²) in [4.78, 5) is 13.7. The molecular formula is C21H19N3O. The Morgan fingerprint density at radius 3 is 2.40 bits per heavy atom. The lowest BCUT2D eigenvalue weighted by molar-refractivity contribution is 0.300. The van der Waals surface area contributed by atoms with Crippen molar-refractivity contribution in [1.29, 1.82) is 0 Å². The molecule has 2 aromatic carbocycles. The molecule has 0 aliphatic carbocycles. The molecule has 0 saturated carbocycles. The molecule has 0 saturated heterocycles. The maximum Gasteiger partial charge on any atom is 0.243 e. The molecule has 124 valence electrons. The highest BCUT2D eigenvalue weighted by Crippen LogP contribution is 2.33. The van der Waals surface area contributed by atoms with Gasteiger partial charge in [-0.3, -0.25) is 0 Å². The van der Waals surface area contributed by atoms with E-state index in [0.717, 1.165) is 45.9 Å². The van der Waals surface area contributed by atoms with Crippen LogP contribution in [0.2, 0.25) is 0 Å². The molecule has 25 heavy (non-hydrogen) atoms. The molecule has 0 bridgehead atoms. The number of rotatable bonds is 5. The van der Waals surface area contributed by atoms with Gasteiger partial charge in [0.15, 0.2) is 5.52 Å². The molecular weight excluding hydrogens is 310 g/mol. The normalized spacial score (nSPS) is 11.1. The van der Waals surface area contributed by atoms with E-state index < -0.39 is 0 Å². The Labute approximate surface area is 146 Å². The van der Waals surface area contributed by atoms with Crippen molar-refractivity contribution < 1.29 is 4.74 Å². The van der Waals surface area contributed by atoms with Crippen LogP contribution >= 0.6 is 0 Å². The standard InChI is InChI=1S/C21H19N3O/c1-2-3-13-25-21-20-19(22-14-23-21)17-12-8-7-11-16(17)18(24-20)15-9-5-4-6-10-15/h4-12,14H,2-3,13H2,1H3. The monoisotopic (exact) mass is 329 g/mol. The first-order valence-corrected chi connectivity index (χ1v) is 8.60. The van der Waals surface area contributed by atoms with Gasteiger partial charge in [-0.05, 0) is 6.42 Å². The molecule has 4 rings (SSSR count). The summed E-state index contributed by atoms with van der Waals surface area (Å²) in [7, 11) is 0. The van der Waals surface area contributed by atoms with Crippen LogP contribution in [0.4, 0.5) is 0 Å². The van der Waals surface area contributed by atoms with Crippen molar-refractivity contribution in [2.75, 3.05) is 6.61 Å². The Hall–Kier alpha value is -3.01. The van der Waals surface area contributed by atoms with E-state index in [1.54, 1.807) is 6.33 Å². The summed E-state index contributed by atoms with van der Waals surface area (Å²) in [6.07, 6.45) is 3.62. The highest BCUT2D eigenvalue weighted by Gasteiger charge is 2.14. The average molecular weight is 329 g/mol. The predicted molar refractivity (Wildman–Crippen MR) is 101 cm³/mol. The third-order valence-electron chi connectivity index (χ3n) is 4.23. The van der Waals surface area contributed by atoms with Crippen LogP contribution in [0.5, 0.6) is 5.88 Å². The van der Waals surface area contributed by atoms with E-state index in [1.807, 2.05) is 30.3 Å². The van der Waals surface area contributed by atoms with E-state index in [2.05, 4.69) is 41.2 Å². The van der Waals surface area contributed by atoms with Crippen LogP contribution in [-0.4, -0.2) is 21.6 Å². The van der Waals surface area contributed by atoms with Crippen LogP contribution < -0.4 is 4.74 Å². The summed E-state index contributed by atoms with van der Waals surface area (Å²) in [6, 6.07) is 18.4. The molecule has 0 aliphatic rings. The van der Waals surface area contributed by atoms with Gasteiger partial charge in [-0.25, -0.2) is 9.97 Å². The number of ether oxygens (including phenoxy) is 1. The van der Waals surface area contributed by atoms with E-state index in [-0.39, 0.29) is 0 Å². The molecule has 0 N–H and O–H groups in total. The number of pyridine rings is 1. The molecule has 0 aliphatic heterocycles. The van der Waals surface area contributed by atoms with E-state index in [4.69, 9.17) is 9.72 Å². The lowest BCUT2D eigenvalue weighted by Crippen LogP contribution is -2.02. The highest BCUT2D eigenvalue weighted by atomic mass is 16.5. The first-order chi connectivity index (χ1) is 12.4. The van der Waals surface area contributed by atoms with Gasteiger partial charge < -0.3 is 4.74 Å². The molecule has 2 aromatic heterocycles. The van der Waals surface area contributed by atoms with Crippen molar-refractivity contribution in [1.82, 2.24) is 15.0 Å². The van der Waals surface area contributed by atoms with Crippen LogP contribution in [0.25, 0.3) is 33.1 Å². The summed E-state index contributed by atoms with van der Waals surface area (Å²) >= 11 is 0. The number of unbranched alkanes of at least 4 members (excludes halogenated alkanes) is 1. The van der Waals surface area contributed by atoms with Gasteiger partial charge in [-0.15, -0.1) is 0 Å².